The van der Waals surface area contributed by atoms with Crippen molar-refractivity contribution in [3.8, 4) is 0 Å². The Balaban J connectivity index is 2.14. The average Bonchev–Trinajstić information content (AvgIpc) is 2.29. The minimum absolute atomic E-state index is 0.0297. The number of aliphatic hydroxyl groups is 2. The first-order valence-electron chi connectivity index (χ1n) is 5.60. The van der Waals surface area contributed by atoms with E-state index in [1.807, 2.05) is 0 Å². The van der Waals surface area contributed by atoms with Gasteiger partial charge in [0.25, 0.3) is 0 Å². The van der Waals surface area contributed by atoms with Crippen LogP contribution in [0.3, 0.4) is 0 Å². The van der Waals surface area contributed by atoms with E-state index in [2.05, 4.69) is 0 Å². The van der Waals surface area contributed by atoms with Gasteiger partial charge in [-0.2, -0.15) is 0 Å². The maximum absolute atomic E-state index is 13.7. The fraction of sp³-hybridized carbons (Fsp3) is 0.500. The summed E-state index contributed by atoms with van der Waals surface area (Å²) < 4.78 is 13.7. The molecule has 1 saturated heterocycles. The minimum Gasteiger partial charge on any atom is -0.396 e. The summed E-state index contributed by atoms with van der Waals surface area (Å²) in [6.07, 6.45) is 0.0311. The Morgan fingerprint density at radius 1 is 1.47 bits per heavy atom. The number of hydrogen-bond acceptors (Lipinski definition) is 3. The van der Waals surface area contributed by atoms with Crippen molar-refractivity contribution < 1.29 is 14.6 Å². The van der Waals surface area contributed by atoms with E-state index in [9.17, 15) is 9.50 Å². The van der Waals surface area contributed by atoms with Crippen LogP contribution in [0, 0.1) is 11.7 Å². The van der Waals surface area contributed by atoms with Gasteiger partial charge in [-0.15, -0.1) is 0 Å². The third kappa shape index (κ3) is 2.70. The molecule has 0 radical (unpaired) electrons. The maximum atomic E-state index is 13.7. The van der Waals surface area contributed by atoms with Gasteiger partial charge in [0, 0.05) is 30.6 Å². The van der Waals surface area contributed by atoms with Crippen molar-refractivity contribution >= 4 is 17.3 Å². The highest BCUT2D eigenvalue weighted by atomic mass is 35.5. The normalized spacial score (nSPS) is 25.1. The van der Waals surface area contributed by atoms with Gasteiger partial charge in [-0.3, -0.25) is 0 Å². The summed E-state index contributed by atoms with van der Waals surface area (Å²) in [6.45, 7) is 0.933. The van der Waals surface area contributed by atoms with Gasteiger partial charge in [0.15, 0.2) is 0 Å². The zero-order valence-corrected chi connectivity index (χ0v) is 10.1. The third-order valence-electron chi connectivity index (χ3n) is 3.21. The zero-order valence-electron chi connectivity index (χ0n) is 9.31. The van der Waals surface area contributed by atoms with Crippen molar-refractivity contribution in [1.29, 1.82) is 0 Å². The van der Waals surface area contributed by atoms with Gasteiger partial charge >= 0.3 is 0 Å². The van der Waals surface area contributed by atoms with E-state index in [1.165, 1.54) is 6.07 Å². The molecule has 0 saturated carbocycles. The number of hydrogen-bond donors (Lipinski definition) is 2. The molecule has 1 fully saturated rings. The second-order valence-corrected chi connectivity index (χ2v) is 4.78. The zero-order chi connectivity index (χ0) is 12.4. The minimum atomic E-state index is -0.621. The summed E-state index contributed by atoms with van der Waals surface area (Å²) >= 11 is 5.69. The highest BCUT2D eigenvalue weighted by Gasteiger charge is 2.28. The number of aliphatic hydroxyl groups excluding tert-OH is 2. The van der Waals surface area contributed by atoms with E-state index in [0.717, 1.165) is 0 Å². The first-order chi connectivity index (χ1) is 8.11. The van der Waals surface area contributed by atoms with E-state index in [1.54, 1.807) is 17.0 Å². The summed E-state index contributed by atoms with van der Waals surface area (Å²) in [5, 5.41) is 19.2. The van der Waals surface area contributed by atoms with E-state index in [-0.39, 0.29) is 18.3 Å². The molecule has 0 amide bonds. The lowest BCUT2D eigenvalue weighted by Gasteiger charge is -2.36. The van der Waals surface area contributed by atoms with Crippen molar-refractivity contribution in [2.45, 2.75) is 12.5 Å². The van der Waals surface area contributed by atoms with Crippen LogP contribution in [0.25, 0.3) is 0 Å². The van der Waals surface area contributed by atoms with E-state index >= 15 is 0 Å². The van der Waals surface area contributed by atoms with Gasteiger partial charge in [0.1, 0.15) is 5.82 Å². The second kappa shape index (κ2) is 5.21. The number of anilines is 1. The number of piperidine rings is 1. The molecule has 17 heavy (non-hydrogen) atoms. The lowest BCUT2D eigenvalue weighted by atomic mass is 9.94. The van der Waals surface area contributed by atoms with Crippen LogP contribution in [-0.4, -0.2) is 36.0 Å². The Bertz CT molecular complexity index is 402. The van der Waals surface area contributed by atoms with E-state index in [4.69, 9.17) is 16.7 Å². The lowest BCUT2D eigenvalue weighted by molar-refractivity contribution is 0.0546. The van der Waals surface area contributed by atoms with Crippen LogP contribution < -0.4 is 4.90 Å². The van der Waals surface area contributed by atoms with Gasteiger partial charge in [-0.05, 0) is 24.6 Å². The molecule has 1 aliphatic heterocycles. The highest BCUT2D eigenvalue weighted by Crippen LogP contribution is 2.27. The molecule has 1 aromatic rings. The van der Waals surface area contributed by atoms with Crippen LogP contribution in [0.5, 0.6) is 0 Å². The number of benzene rings is 1. The molecule has 5 heteroatoms. The Morgan fingerprint density at radius 3 is 2.82 bits per heavy atom. The SMILES string of the molecule is OCC1CCN(c2ccc(Cl)cc2F)CC1O. The monoisotopic (exact) mass is 259 g/mol. The van der Waals surface area contributed by atoms with Crippen molar-refractivity contribution in [2.24, 2.45) is 5.92 Å². The molecule has 0 bridgehead atoms. The van der Waals surface area contributed by atoms with Crippen LogP contribution in [0.4, 0.5) is 10.1 Å². The van der Waals surface area contributed by atoms with Crippen LogP contribution in [0.2, 0.25) is 5.02 Å². The summed E-state index contributed by atoms with van der Waals surface area (Å²) in [6, 6.07) is 4.51. The predicted octanol–water partition coefficient (Wildman–Crippen LogP) is 1.66. The number of nitrogens with zero attached hydrogens (tertiary/aromatic N) is 1. The van der Waals surface area contributed by atoms with Crippen molar-refractivity contribution in [2.75, 3.05) is 24.6 Å². The molecule has 3 nitrogen and oxygen atoms in total. The molecular weight excluding hydrogens is 245 g/mol. The van der Waals surface area contributed by atoms with Crippen molar-refractivity contribution in [3.05, 3.63) is 29.0 Å². The Morgan fingerprint density at radius 2 is 2.24 bits per heavy atom. The van der Waals surface area contributed by atoms with Crippen LogP contribution in [-0.2, 0) is 0 Å². The Hall–Kier alpha value is -0.840. The molecule has 0 aliphatic carbocycles. The molecule has 2 atom stereocenters. The fourth-order valence-corrected chi connectivity index (χ4v) is 2.31. The van der Waals surface area contributed by atoms with Crippen LogP contribution in [0.15, 0.2) is 18.2 Å². The standard InChI is InChI=1S/C12H15ClFNO2/c13-9-1-2-11(10(14)5-9)15-4-3-8(7-16)12(17)6-15/h1-2,5,8,12,16-17H,3-4,6-7H2. The molecule has 2 N–H and O–H groups in total. The maximum Gasteiger partial charge on any atom is 0.147 e. The van der Waals surface area contributed by atoms with E-state index < -0.39 is 6.10 Å². The molecule has 0 aromatic heterocycles. The summed E-state index contributed by atoms with van der Waals surface area (Å²) in [7, 11) is 0. The van der Waals surface area contributed by atoms with Gasteiger partial charge in [-0.25, -0.2) is 4.39 Å². The van der Waals surface area contributed by atoms with Crippen LogP contribution in [0.1, 0.15) is 6.42 Å². The first-order valence-corrected chi connectivity index (χ1v) is 5.98. The van der Waals surface area contributed by atoms with Gasteiger partial charge < -0.3 is 15.1 Å². The quantitative estimate of drug-likeness (QED) is 0.849. The summed E-state index contributed by atoms with van der Waals surface area (Å²) in [5.41, 5.74) is 0.449. The molecule has 94 valence electrons. The highest BCUT2D eigenvalue weighted by molar-refractivity contribution is 6.30. The molecule has 2 rings (SSSR count). The smallest absolute Gasteiger partial charge is 0.147 e. The molecular formula is C12H15ClFNO2. The van der Waals surface area contributed by atoms with Gasteiger partial charge in [-0.1, -0.05) is 11.6 Å². The van der Waals surface area contributed by atoms with Crippen molar-refractivity contribution in [1.82, 2.24) is 0 Å². The fourth-order valence-electron chi connectivity index (χ4n) is 2.15. The molecule has 1 heterocycles. The third-order valence-corrected chi connectivity index (χ3v) is 3.44. The number of rotatable bonds is 2. The summed E-state index contributed by atoms with van der Waals surface area (Å²) in [5.74, 6) is -0.492. The van der Waals surface area contributed by atoms with Crippen molar-refractivity contribution in [3.63, 3.8) is 0 Å². The number of β-amino-alcohol motifs (C(OH)–C–C–N with tert-alkyl or cyclic N) is 1. The topological polar surface area (TPSA) is 43.7 Å². The van der Waals surface area contributed by atoms with E-state index in [0.29, 0.717) is 30.2 Å². The Kier molecular flexibility index (Phi) is 3.86. The largest absolute Gasteiger partial charge is 0.396 e. The first kappa shape index (κ1) is 12.6. The molecule has 1 aromatic carbocycles. The average molecular weight is 260 g/mol. The van der Waals surface area contributed by atoms with Gasteiger partial charge in [0.2, 0.25) is 0 Å². The Labute approximate surface area is 104 Å². The molecule has 1 aliphatic rings. The molecule has 0 spiro atoms. The van der Waals surface area contributed by atoms with Crippen LogP contribution >= 0.6 is 11.6 Å². The van der Waals surface area contributed by atoms with Gasteiger partial charge in [0.05, 0.1) is 11.8 Å². The lowest BCUT2D eigenvalue weighted by Crippen LogP contribution is -2.45. The molecule has 2 unspecified atom stereocenters. The second-order valence-electron chi connectivity index (χ2n) is 4.34. The predicted molar refractivity (Wildman–Crippen MR) is 64.8 cm³/mol. The summed E-state index contributed by atoms with van der Waals surface area (Å²) in [4.78, 5) is 1.78. The number of halogens is 2.